The number of nitrogens with one attached hydrogen (secondary N) is 1. The SMILES string of the molecule is COc1ccc(S(=O)(=O)N(CC(=O)N(Cc2ccc(F)cc2)[C@H](Cc2ccccc2)C(=O)NCC(C)C)c2ccc(Cl)cc2)cc1. The van der Waals surface area contributed by atoms with Gasteiger partial charge in [0, 0.05) is 24.5 Å². The molecule has 0 spiro atoms. The number of rotatable bonds is 14. The Bertz CT molecular complexity index is 1700. The molecule has 0 unspecified atom stereocenters. The summed E-state index contributed by atoms with van der Waals surface area (Å²) in [6, 6.07) is 25.8. The summed E-state index contributed by atoms with van der Waals surface area (Å²) < 4.78 is 48.2. The summed E-state index contributed by atoms with van der Waals surface area (Å²) in [5, 5.41) is 3.33. The van der Waals surface area contributed by atoms with Crippen molar-refractivity contribution in [3.63, 3.8) is 0 Å². The monoisotopic (exact) mass is 665 g/mol. The number of hydrogen-bond acceptors (Lipinski definition) is 5. The van der Waals surface area contributed by atoms with Crippen LogP contribution < -0.4 is 14.4 Å². The minimum absolute atomic E-state index is 0.0587. The maximum atomic E-state index is 14.4. The summed E-state index contributed by atoms with van der Waals surface area (Å²) in [4.78, 5) is 29.5. The van der Waals surface area contributed by atoms with Crippen LogP contribution in [-0.2, 0) is 32.6 Å². The van der Waals surface area contributed by atoms with E-state index in [9.17, 15) is 22.4 Å². The Morgan fingerprint density at radius 2 is 1.50 bits per heavy atom. The molecule has 46 heavy (non-hydrogen) atoms. The Morgan fingerprint density at radius 3 is 2.09 bits per heavy atom. The Morgan fingerprint density at radius 1 is 0.870 bits per heavy atom. The predicted molar refractivity (Wildman–Crippen MR) is 178 cm³/mol. The molecule has 0 bridgehead atoms. The number of nitrogens with zero attached hydrogens (tertiary/aromatic N) is 2. The highest BCUT2D eigenvalue weighted by Gasteiger charge is 2.34. The molecule has 4 aromatic rings. The van der Waals surface area contributed by atoms with Gasteiger partial charge in [-0.15, -0.1) is 0 Å². The maximum Gasteiger partial charge on any atom is 0.264 e. The summed E-state index contributed by atoms with van der Waals surface area (Å²) in [5.41, 5.74) is 1.59. The van der Waals surface area contributed by atoms with Gasteiger partial charge in [0.15, 0.2) is 0 Å². The highest BCUT2D eigenvalue weighted by atomic mass is 35.5. The number of methoxy groups -OCH3 is 1. The van der Waals surface area contributed by atoms with E-state index in [1.807, 2.05) is 44.2 Å². The van der Waals surface area contributed by atoms with Crippen molar-refractivity contribution in [1.82, 2.24) is 10.2 Å². The lowest BCUT2D eigenvalue weighted by Crippen LogP contribution is -2.53. The van der Waals surface area contributed by atoms with Crippen molar-refractivity contribution in [2.45, 2.75) is 37.8 Å². The Kier molecular flexibility index (Phi) is 11.8. The third kappa shape index (κ3) is 9.08. The van der Waals surface area contributed by atoms with E-state index in [0.29, 0.717) is 22.9 Å². The molecule has 0 fully saturated rings. The van der Waals surface area contributed by atoms with Gasteiger partial charge in [-0.3, -0.25) is 13.9 Å². The number of sulfonamides is 1. The second-order valence-corrected chi connectivity index (χ2v) is 13.5. The van der Waals surface area contributed by atoms with Gasteiger partial charge in [-0.25, -0.2) is 12.8 Å². The molecule has 0 aromatic heterocycles. The molecule has 0 aliphatic carbocycles. The van der Waals surface area contributed by atoms with Crippen LogP contribution in [-0.4, -0.2) is 51.4 Å². The number of halogens is 2. The first kappa shape index (κ1) is 34.5. The second kappa shape index (κ2) is 15.7. The van der Waals surface area contributed by atoms with Crippen molar-refractivity contribution in [2.75, 3.05) is 24.5 Å². The van der Waals surface area contributed by atoms with E-state index >= 15 is 0 Å². The molecule has 242 valence electrons. The zero-order valence-corrected chi connectivity index (χ0v) is 27.5. The van der Waals surface area contributed by atoms with E-state index in [2.05, 4.69) is 5.32 Å². The molecular formula is C35H37ClFN3O5S. The van der Waals surface area contributed by atoms with E-state index in [1.54, 1.807) is 0 Å². The van der Waals surface area contributed by atoms with Crippen LogP contribution in [0.4, 0.5) is 10.1 Å². The van der Waals surface area contributed by atoms with Crippen molar-refractivity contribution in [3.8, 4) is 5.75 Å². The molecule has 1 N–H and O–H groups in total. The first-order valence-corrected chi connectivity index (χ1v) is 16.6. The average Bonchev–Trinajstić information content (AvgIpc) is 3.05. The zero-order chi connectivity index (χ0) is 33.3. The van der Waals surface area contributed by atoms with Crippen LogP contribution in [0.2, 0.25) is 5.02 Å². The van der Waals surface area contributed by atoms with Crippen LogP contribution >= 0.6 is 11.6 Å². The Balaban J connectivity index is 1.79. The fourth-order valence-corrected chi connectivity index (χ4v) is 6.31. The van der Waals surface area contributed by atoms with Crippen molar-refractivity contribution in [1.29, 1.82) is 0 Å². The summed E-state index contributed by atoms with van der Waals surface area (Å²) in [7, 11) is -2.81. The first-order valence-electron chi connectivity index (χ1n) is 14.8. The van der Waals surface area contributed by atoms with Crippen LogP contribution in [0.15, 0.2) is 108 Å². The van der Waals surface area contributed by atoms with Crippen LogP contribution in [0.1, 0.15) is 25.0 Å². The van der Waals surface area contributed by atoms with Gasteiger partial charge in [0.1, 0.15) is 24.2 Å². The third-order valence-corrected chi connectivity index (χ3v) is 9.30. The van der Waals surface area contributed by atoms with E-state index in [0.717, 1.165) is 9.87 Å². The highest BCUT2D eigenvalue weighted by Crippen LogP contribution is 2.27. The lowest BCUT2D eigenvalue weighted by Gasteiger charge is -2.34. The first-order chi connectivity index (χ1) is 22.0. The van der Waals surface area contributed by atoms with Crippen LogP contribution in [0, 0.1) is 11.7 Å². The van der Waals surface area contributed by atoms with Crippen LogP contribution in [0.3, 0.4) is 0 Å². The normalized spacial score (nSPS) is 12.0. The van der Waals surface area contributed by atoms with Crippen LogP contribution in [0.5, 0.6) is 5.75 Å². The summed E-state index contributed by atoms with van der Waals surface area (Å²) in [6.07, 6.45) is 0.171. The molecule has 0 aliphatic heterocycles. The number of amides is 2. The van der Waals surface area contributed by atoms with E-state index < -0.39 is 34.3 Å². The minimum atomic E-state index is -4.29. The van der Waals surface area contributed by atoms with Crippen molar-refractivity contribution in [2.24, 2.45) is 5.92 Å². The van der Waals surface area contributed by atoms with Gasteiger partial charge in [0.2, 0.25) is 11.8 Å². The molecular weight excluding hydrogens is 629 g/mol. The van der Waals surface area contributed by atoms with Gasteiger partial charge in [-0.1, -0.05) is 67.9 Å². The molecule has 4 aromatic carbocycles. The second-order valence-electron chi connectivity index (χ2n) is 11.2. The molecule has 0 radical (unpaired) electrons. The standard InChI is InChI=1S/C35H37ClFN3O5S/c1-25(2)22-38-35(42)33(21-26-7-5-4-6-8-26)39(23-27-9-13-29(37)14-10-27)34(41)24-40(30-15-11-28(36)12-16-30)46(43,44)32-19-17-31(45-3)18-20-32/h4-20,25,33H,21-24H2,1-3H3,(H,38,42)/t33-/m1/s1. The van der Waals surface area contributed by atoms with Gasteiger partial charge in [-0.2, -0.15) is 0 Å². The molecule has 2 amide bonds. The number of carbonyl (C=O) groups is 2. The van der Waals surface area contributed by atoms with Gasteiger partial charge in [-0.05, 0) is 77.7 Å². The summed E-state index contributed by atoms with van der Waals surface area (Å²) in [5.74, 6) is -0.843. The summed E-state index contributed by atoms with van der Waals surface area (Å²) >= 11 is 6.12. The number of carbonyl (C=O) groups excluding carboxylic acids is 2. The smallest absolute Gasteiger partial charge is 0.264 e. The Labute approximate surface area is 274 Å². The fraction of sp³-hybridized carbons (Fsp3) is 0.257. The zero-order valence-electron chi connectivity index (χ0n) is 25.9. The predicted octanol–water partition coefficient (Wildman–Crippen LogP) is 6.10. The van der Waals surface area contributed by atoms with Crippen LogP contribution in [0.25, 0.3) is 0 Å². The lowest BCUT2D eigenvalue weighted by molar-refractivity contribution is -0.140. The topological polar surface area (TPSA) is 96.0 Å². The number of benzene rings is 4. The van der Waals surface area contributed by atoms with E-state index in [-0.39, 0.29) is 35.4 Å². The van der Waals surface area contributed by atoms with Crippen molar-refractivity contribution >= 4 is 39.1 Å². The maximum absolute atomic E-state index is 14.4. The van der Waals surface area contributed by atoms with Gasteiger partial charge in [0.25, 0.3) is 10.0 Å². The molecule has 0 saturated heterocycles. The molecule has 8 nitrogen and oxygen atoms in total. The Hall–Kier alpha value is -4.41. The number of ether oxygens (including phenoxy) is 1. The molecule has 0 aliphatic rings. The quantitative estimate of drug-likeness (QED) is 0.176. The average molecular weight is 666 g/mol. The van der Waals surface area contributed by atoms with Gasteiger partial charge in [0.05, 0.1) is 17.7 Å². The fourth-order valence-electron chi connectivity index (χ4n) is 4.77. The molecule has 11 heteroatoms. The van der Waals surface area contributed by atoms with Gasteiger partial charge >= 0.3 is 0 Å². The minimum Gasteiger partial charge on any atom is -0.497 e. The third-order valence-electron chi connectivity index (χ3n) is 7.26. The van der Waals surface area contributed by atoms with Crippen molar-refractivity contribution in [3.05, 3.63) is 125 Å². The molecule has 4 rings (SSSR count). The van der Waals surface area contributed by atoms with E-state index in [4.69, 9.17) is 16.3 Å². The summed E-state index contributed by atoms with van der Waals surface area (Å²) in [6.45, 7) is 3.61. The number of hydrogen-bond donors (Lipinski definition) is 1. The largest absolute Gasteiger partial charge is 0.497 e. The highest BCUT2D eigenvalue weighted by molar-refractivity contribution is 7.92. The molecule has 0 saturated carbocycles. The molecule has 1 atom stereocenters. The van der Waals surface area contributed by atoms with E-state index in [1.165, 1.54) is 84.8 Å². The van der Waals surface area contributed by atoms with Gasteiger partial charge < -0.3 is 15.0 Å². The van der Waals surface area contributed by atoms with Crippen molar-refractivity contribution < 1.29 is 27.1 Å². The lowest BCUT2D eigenvalue weighted by atomic mass is 10.0. The molecule has 0 heterocycles. The number of anilines is 1.